The predicted octanol–water partition coefficient (Wildman–Crippen LogP) is 22.3. The molecule has 0 heterocycles. The van der Waals surface area contributed by atoms with E-state index in [1.165, 1.54) is 205 Å². The van der Waals surface area contributed by atoms with Crippen LogP contribution in [-0.4, -0.2) is 96.7 Å². The molecule has 0 spiro atoms. The second-order valence-electron chi connectivity index (χ2n) is 28.1. The number of phosphoric acid groups is 2. The molecule has 0 aromatic rings. The lowest BCUT2D eigenvalue weighted by Crippen LogP contribution is -2.30. The van der Waals surface area contributed by atoms with Crippen LogP contribution >= 0.6 is 15.6 Å². The Hall–Kier alpha value is -1.94. The fourth-order valence-corrected chi connectivity index (χ4v) is 13.2. The molecule has 17 nitrogen and oxygen atoms in total. The average molecular weight is 1400 g/mol. The smallest absolute Gasteiger partial charge is 0.462 e. The number of aliphatic hydroxyl groups is 1. The molecule has 0 aromatic heterocycles. The highest BCUT2D eigenvalue weighted by atomic mass is 31.2. The molecule has 0 radical (unpaired) electrons. The summed E-state index contributed by atoms with van der Waals surface area (Å²) in [6.07, 6.45) is 55.5. The van der Waals surface area contributed by atoms with E-state index in [0.29, 0.717) is 31.6 Å². The summed E-state index contributed by atoms with van der Waals surface area (Å²) in [6.45, 7) is 9.54. The number of esters is 4. The minimum atomic E-state index is -4.96. The highest BCUT2D eigenvalue weighted by molar-refractivity contribution is 7.47. The second kappa shape index (κ2) is 67.9. The van der Waals surface area contributed by atoms with E-state index in [1.54, 1.807) is 0 Å². The topological polar surface area (TPSA) is 237 Å². The van der Waals surface area contributed by atoms with E-state index in [4.69, 9.17) is 37.0 Å². The molecule has 0 aromatic carbocycles. The first kappa shape index (κ1) is 93.1. The normalized spacial score (nSPS) is 14.3. The Morgan fingerprint density at radius 3 is 0.800 bits per heavy atom. The Labute approximate surface area is 581 Å². The third-order valence-corrected chi connectivity index (χ3v) is 20.0. The van der Waals surface area contributed by atoms with Gasteiger partial charge in [0, 0.05) is 25.7 Å². The lowest BCUT2D eigenvalue weighted by Gasteiger charge is -2.21. The average Bonchev–Trinajstić information content (AvgIpc) is 2.43. The molecule has 0 amide bonds. The fraction of sp³-hybridized carbons (Fsp3) is 0.947. The molecule has 0 fully saturated rings. The first-order valence-electron chi connectivity index (χ1n) is 39.5. The molecule has 6 atom stereocenters. The van der Waals surface area contributed by atoms with Gasteiger partial charge in [-0.3, -0.25) is 37.3 Å². The van der Waals surface area contributed by atoms with E-state index in [9.17, 15) is 43.2 Å². The van der Waals surface area contributed by atoms with Gasteiger partial charge >= 0.3 is 39.5 Å². The molecule has 0 saturated carbocycles. The van der Waals surface area contributed by atoms with Gasteiger partial charge in [-0.15, -0.1) is 0 Å². The van der Waals surface area contributed by atoms with Crippen LogP contribution in [-0.2, 0) is 65.4 Å². The molecular formula is C76H148O17P2. The number of hydrogen-bond donors (Lipinski definition) is 3. The van der Waals surface area contributed by atoms with E-state index in [0.717, 1.165) is 102 Å². The third-order valence-electron chi connectivity index (χ3n) is 18.1. The molecule has 0 aliphatic rings. The molecule has 0 rings (SSSR count). The summed E-state index contributed by atoms with van der Waals surface area (Å²) in [5, 5.41) is 10.6. The van der Waals surface area contributed by atoms with Crippen molar-refractivity contribution in [3.05, 3.63) is 0 Å². The summed E-state index contributed by atoms with van der Waals surface area (Å²) in [5.41, 5.74) is 0. The van der Waals surface area contributed by atoms with E-state index in [1.807, 2.05) is 0 Å². The van der Waals surface area contributed by atoms with Crippen molar-refractivity contribution in [2.75, 3.05) is 39.6 Å². The zero-order valence-electron chi connectivity index (χ0n) is 62.0. The highest BCUT2D eigenvalue weighted by Crippen LogP contribution is 2.45. The van der Waals surface area contributed by atoms with Crippen molar-refractivity contribution in [3.63, 3.8) is 0 Å². The summed E-state index contributed by atoms with van der Waals surface area (Å²) >= 11 is 0. The van der Waals surface area contributed by atoms with Gasteiger partial charge in [-0.05, 0) is 37.5 Å². The van der Waals surface area contributed by atoms with Gasteiger partial charge < -0.3 is 33.8 Å². The van der Waals surface area contributed by atoms with Gasteiger partial charge in [-0.2, -0.15) is 0 Å². The number of phosphoric ester groups is 2. The van der Waals surface area contributed by atoms with Crippen LogP contribution in [0.5, 0.6) is 0 Å². The minimum absolute atomic E-state index is 0.104. The maximum absolute atomic E-state index is 13.1. The van der Waals surface area contributed by atoms with Gasteiger partial charge in [-0.1, -0.05) is 343 Å². The SMILES string of the molecule is CCCCCCCCCCCCCCCCCCCC(=O)O[C@H](COC(=O)CCCCCCCCCCCCCCCCCC)COP(=O)(O)OC[C@@H](O)COP(=O)(O)OC[C@@H](COC(=O)CCCCCCCCCC(C)C)OC(=O)CCCCCCCCCCC(C)CC. The Morgan fingerprint density at radius 2 is 0.537 bits per heavy atom. The zero-order chi connectivity index (χ0) is 70.0. The number of unbranched alkanes of at least 4 members (excludes halogenated alkanes) is 44. The molecule has 3 N–H and O–H groups in total. The van der Waals surface area contributed by atoms with Gasteiger partial charge in [-0.25, -0.2) is 9.13 Å². The number of rotatable bonds is 75. The number of carbonyl (C=O) groups is 4. The molecule has 0 saturated heterocycles. The number of hydrogen-bond acceptors (Lipinski definition) is 15. The van der Waals surface area contributed by atoms with Crippen molar-refractivity contribution >= 4 is 39.5 Å². The fourth-order valence-electron chi connectivity index (χ4n) is 11.6. The van der Waals surface area contributed by atoms with Gasteiger partial charge in [0.25, 0.3) is 0 Å². The largest absolute Gasteiger partial charge is 0.472 e. The Morgan fingerprint density at radius 1 is 0.305 bits per heavy atom. The summed E-state index contributed by atoms with van der Waals surface area (Å²) in [7, 11) is -9.91. The van der Waals surface area contributed by atoms with Crippen LogP contribution in [0.25, 0.3) is 0 Å². The lowest BCUT2D eigenvalue weighted by atomic mass is 9.99. The highest BCUT2D eigenvalue weighted by Gasteiger charge is 2.30. The summed E-state index contributed by atoms with van der Waals surface area (Å²) in [4.78, 5) is 72.8. The molecule has 0 bridgehead atoms. The zero-order valence-corrected chi connectivity index (χ0v) is 63.8. The van der Waals surface area contributed by atoms with Crippen LogP contribution < -0.4 is 0 Å². The van der Waals surface area contributed by atoms with Crippen LogP contribution in [0.15, 0.2) is 0 Å². The van der Waals surface area contributed by atoms with Crippen molar-refractivity contribution in [2.45, 2.75) is 413 Å². The molecule has 0 aliphatic heterocycles. The molecule has 0 aliphatic carbocycles. The summed E-state index contributed by atoms with van der Waals surface area (Å²) in [6, 6.07) is 0. The van der Waals surface area contributed by atoms with E-state index < -0.39 is 97.5 Å². The first-order chi connectivity index (χ1) is 45.9. The Balaban J connectivity index is 5.25. The molecule has 95 heavy (non-hydrogen) atoms. The summed E-state index contributed by atoms with van der Waals surface area (Å²) < 4.78 is 68.5. The molecular weight excluding hydrogens is 1250 g/mol. The van der Waals surface area contributed by atoms with E-state index in [2.05, 4.69) is 41.5 Å². The van der Waals surface area contributed by atoms with Crippen LogP contribution in [0.1, 0.15) is 395 Å². The van der Waals surface area contributed by atoms with Crippen LogP contribution in [0.4, 0.5) is 0 Å². The monoisotopic (exact) mass is 1400 g/mol. The lowest BCUT2D eigenvalue weighted by molar-refractivity contribution is -0.161. The van der Waals surface area contributed by atoms with Crippen LogP contribution in [0, 0.1) is 11.8 Å². The van der Waals surface area contributed by atoms with Gasteiger partial charge in [0.05, 0.1) is 26.4 Å². The molecule has 3 unspecified atom stereocenters. The number of aliphatic hydroxyl groups excluding tert-OH is 1. The maximum Gasteiger partial charge on any atom is 0.472 e. The van der Waals surface area contributed by atoms with E-state index >= 15 is 0 Å². The third kappa shape index (κ3) is 69.0. The van der Waals surface area contributed by atoms with Crippen molar-refractivity contribution in [1.29, 1.82) is 0 Å². The Bertz CT molecular complexity index is 1840. The Kier molecular flexibility index (Phi) is 66.5. The van der Waals surface area contributed by atoms with Gasteiger partial charge in [0.1, 0.15) is 19.3 Å². The molecule has 19 heteroatoms. The second-order valence-corrected chi connectivity index (χ2v) is 31.0. The quantitative estimate of drug-likeness (QED) is 0.0222. The van der Waals surface area contributed by atoms with Gasteiger partial charge in [0.15, 0.2) is 12.2 Å². The number of carbonyl (C=O) groups excluding carboxylic acids is 4. The summed E-state index contributed by atoms with van der Waals surface area (Å²) in [5.74, 6) is -0.642. The molecule has 564 valence electrons. The predicted molar refractivity (Wildman–Crippen MR) is 386 cm³/mol. The minimum Gasteiger partial charge on any atom is -0.462 e. The van der Waals surface area contributed by atoms with Crippen molar-refractivity contribution < 1.29 is 80.2 Å². The standard InChI is InChI=1S/C76H148O17P2/c1-7-10-12-14-16-18-20-22-24-26-28-30-32-34-41-48-54-60-75(80)92-71(64-86-73(78)58-52-46-40-33-31-29-27-25-23-21-19-17-15-13-11-8-2)66-90-94(82,83)88-62-70(77)63-89-95(84,85)91-67-72(65-87-74(79)59-53-47-43-37-38-44-50-56-68(4)5)93-76(81)61-55-49-42-36-35-39-45-51-57-69(6)9-3/h68-72,77H,7-67H2,1-6H3,(H,82,83)(H,84,85)/t69?,70-,71-,72-/m1/s1. The van der Waals surface area contributed by atoms with Crippen LogP contribution in [0.2, 0.25) is 0 Å². The van der Waals surface area contributed by atoms with Crippen molar-refractivity contribution in [3.8, 4) is 0 Å². The number of ether oxygens (including phenoxy) is 4. The van der Waals surface area contributed by atoms with Crippen LogP contribution in [0.3, 0.4) is 0 Å². The van der Waals surface area contributed by atoms with Crippen molar-refractivity contribution in [1.82, 2.24) is 0 Å². The van der Waals surface area contributed by atoms with E-state index in [-0.39, 0.29) is 25.7 Å². The van der Waals surface area contributed by atoms with Crippen molar-refractivity contribution in [2.24, 2.45) is 11.8 Å². The maximum atomic E-state index is 13.1. The first-order valence-corrected chi connectivity index (χ1v) is 42.5. The van der Waals surface area contributed by atoms with Gasteiger partial charge in [0.2, 0.25) is 0 Å².